The second-order valence-corrected chi connectivity index (χ2v) is 26.9. The van der Waals surface area contributed by atoms with Gasteiger partial charge < -0.3 is 33.8 Å². The number of carbonyl (C=O) groups is 4. The van der Waals surface area contributed by atoms with Crippen LogP contribution in [0.3, 0.4) is 0 Å². The van der Waals surface area contributed by atoms with Gasteiger partial charge >= 0.3 is 39.5 Å². The Hall–Kier alpha value is -1.94. The fourth-order valence-corrected chi connectivity index (χ4v) is 11.3. The summed E-state index contributed by atoms with van der Waals surface area (Å²) in [6, 6.07) is 0. The highest BCUT2D eigenvalue weighted by Gasteiger charge is 2.30. The molecule has 0 aliphatic heterocycles. The summed E-state index contributed by atoms with van der Waals surface area (Å²) < 4.78 is 68.0. The van der Waals surface area contributed by atoms with Gasteiger partial charge in [0, 0.05) is 25.7 Å². The lowest BCUT2D eigenvalue weighted by atomic mass is 10.0. The number of aliphatic hydroxyl groups excluding tert-OH is 1. The number of unbranched alkanes of at least 4 members (excludes halogenated alkanes) is 37. The molecule has 17 nitrogen and oxygen atoms in total. The molecule has 0 radical (unpaired) electrons. The van der Waals surface area contributed by atoms with Gasteiger partial charge in [-0.05, 0) is 31.6 Å². The van der Waals surface area contributed by atoms with Crippen molar-refractivity contribution in [1.82, 2.24) is 0 Å². The number of aliphatic hydroxyl groups is 1. The topological polar surface area (TPSA) is 237 Å². The third-order valence-electron chi connectivity index (χ3n) is 15.0. The third-order valence-corrected chi connectivity index (χ3v) is 16.9. The maximum atomic E-state index is 13.0. The van der Waals surface area contributed by atoms with Crippen molar-refractivity contribution in [3.8, 4) is 0 Å². The lowest BCUT2D eigenvalue weighted by Gasteiger charge is -2.21. The molecular weight excluding hydrogens is 1110 g/mol. The van der Waals surface area contributed by atoms with Gasteiger partial charge in [0.15, 0.2) is 12.2 Å². The van der Waals surface area contributed by atoms with Crippen LogP contribution in [-0.2, 0) is 65.4 Å². The molecule has 0 bridgehead atoms. The number of hydrogen-bond acceptors (Lipinski definition) is 15. The van der Waals surface area contributed by atoms with Crippen LogP contribution >= 0.6 is 15.6 Å². The molecule has 0 saturated carbocycles. The van der Waals surface area contributed by atoms with E-state index in [1.54, 1.807) is 0 Å². The molecule has 19 heteroatoms. The Morgan fingerprint density at radius 3 is 0.810 bits per heavy atom. The molecule has 0 saturated heterocycles. The van der Waals surface area contributed by atoms with Gasteiger partial charge in [-0.2, -0.15) is 0 Å². The quantitative estimate of drug-likeness (QED) is 0.0222. The Labute approximate surface area is 511 Å². The molecule has 0 heterocycles. The van der Waals surface area contributed by atoms with Crippen molar-refractivity contribution < 1.29 is 80.2 Å². The van der Waals surface area contributed by atoms with Crippen LogP contribution in [0.5, 0.6) is 0 Å². The average molecular weight is 1240 g/mol. The third kappa shape index (κ3) is 59.0. The van der Waals surface area contributed by atoms with Gasteiger partial charge in [0.2, 0.25) is 0 Å². The standard InChI is InChI=1S/C65H126O17P2/c1-6-9-12-15-18-20-22-24-26-28-34-39-44-49-63(68)76-55-61(81-64(69)50-45-40-35-29-27-25-23-21-19-16-13-10-7-2)57-80-84(73,74)78-53-59(66)52-77-83(71,72)79-56-60(54-75-62(67)48-43-38-32-17-14-11-8-3)82-65(70)51-46-41-36-31-30-33-37-42-47-58(4)5/h58-61,66H,6-57H2,1-5H3,(H,71,72)(H,73,74)/t59-,60+,61+/m0/s1. The molecule has 3 N–H and O–H groups in total. The summed E-state index contributed by atoms with van der Waals surface area (Å²) in [5.74, 6) is -1.42. The van der Waals surface area contributed by atoms with Gasteiger partial charge in [0.05, 0.1) is 26.4 Å². The Morgan fingerprint density at radius 1 is 0.321 bits per heavy atom. The van der Waals surface area contributed by atoms with Crippen LogP contribution in [0.25, 0.3) is 0 Å². The van der Waals surface area contributed by atoms with E-state index in [4.69, 9.17) is 37.0 Å². The predicted molar refractivity (Wildman–Crippen MR) is 335 cm³/mol. The van der Waals surface area contributed by atoms with Crippen molar-refractivity contribution in [3.05, 3.63) is 0 Å². The minimum atomic E-state index is -4.94. The summed E-state index contributed by atoms with van der Waals surface area (Å²) in [6.45, 7) is 7.13. The average Bonchev–Trinajstić information content (AvgIpc) is 3.59. The fourth-order valence-electron chi connectivity index (χ4n) is 9.76. The minimum absolute atomic E-state index is 0.104. The van der Waals surface area contributed by atoms with Crippen LogP contribution < -0.4 is 0 Å². The zero-order chi connectivity index (χ0) is 62.0. The SMILES string of the molecule is CCCCCCCCCCCCCCCC(=O)OC[C@H](COP(=O)(O)OC[C@@H](O)COP(=O)(O)OC[C@@H](COC(=O)CCCCCCCCC)OC(=O)CCCCCCCCCCC(C)C)OC(=O)CCCCCCCCCCCCCCC. The van der Waals surface area contributed by atoms with Crippen LogP contribution in [0.4, 0.5) is 0 Å². The summed E-state index contributed by atoms with van der Waals surface area (Å²) in [7, 11) is -9.88. The Balaban J connectivity index is 5.21. The van der Waals surface area contributed by atoms with E-state index in [1.165, 1.54) is 141 Å². The van der Waals surface area contributed by atoms with Gasteiger partial charge in [-0.3, -0.25) is 37.3 Å². The molecule has 84 heavy (non-hydrogen) atoms. The lowest BCUT2D eigenvalue weighted by molar-refractivity contribution is -0.161. The predicted octanol–water partition coefficient (Wildman–Crippen LogP) is 18.2. The zero-order valence-electron chi connectivity index (χ0n) is 54.0. The van der Waals surface area contributed by atoms with Crippen molar-refractivity contribution in [1.29, 1.82) is 0 Å². The van der Waals surface area contributed by atoms with Gasteiger partial charge in [0.25, 0.3) is 0 Å². The zero-order valence-corrected chi connectivity index (χ0v) is 55.8. The molecule has 0 spiro atoms. The van der Waals surface area contributed by atoms with Crippen LogP contribution in [0.15, 0.2) is 0 Å². The van der Waals surface area contributed by atoms with Crippen molar-refractivity contribution in [2.75, 3.05) is 39.6 Å². The molecule has 0 aromatic rings. The number of hydrogen-bond donors (Lipinski definition) is 3. The number of phosphoric acid groups is 2. The molecule has 0 amide bonds. The van der Waals surface area contributed by atoms with E-state index < -0.39 is 97.5 Å². The van der Waals surface area contributed by atoms with Crippen molar-refractivity contribution in [2.45, 2.75) is 348 Å². The van der Waals surface area contributed by atoms with Crippen LogP contribution in [0.1, 0.15) is 330 Å². The van der Waals surface area contributed by atoms with E-state index in [0.29, 0.717) is 25.7 Å². The van der Waals surface area contributed by atoms with Gasteiger partial charge in [-0.1, -0.05) is 279 Å². The first-order valence-corrected chi connectivity index (χ1v) is 37.1. The van der Waals surface area contributed by atoms with E-state index in [0.717, 1.165) is 109 Å². The minimum Gasteiger partial charge on any atom is -0.462 e. The number of rotatable bonds is 65. The van der Waals surface area contributed by atoms with Gasteiger partial charge in [0.1, 0.15) is 19.3 Å². The molecule has 0 aromatic heterocycles. The van der Waals surface area contributed by atoms with Crippen molar-refractivity contribution in [3.63, 3.8) is 0 Å². The number of phosphoric ester groups is 2. The highest BCUT2D eigenvalue weighted by molar-refractivity contribution is 7.47. The molecule has 0 aromatic carbocycles. The van der Waals surface area contributed by atoms with Crippen molar-refractivity contribution >= 4 is 39.5 Å². The smallest absolute Gasteiger partial charge is 0.462 e. The van der Waals surface area contributed by atoms with Crippen LogP contribution in [-0.4, -0.2) is 96.7 Å². The van der Waals surface area contributed by atoms with Crippen LogP contribution in [0, 0.1) is 5.92 Å². The molecule has 2 unspecified atom stereocenters. The lowest BCUT2D eigenvalue weighted by Crippen LogP contribution is -2.30. The van der Waals surface area contributed by atoms with Gasteiger partial charge in [-0.25, -0.2) is 9.13 Å². The largest absolute Gasteiger partial charge is 0.472 e. The monoisotopic (exact) mass is 1240 g/mol. The van der Waals surface area contributed by atoms with E-state index in [2.05, 4.69) is 34.6 Å². The fraction of sp³-hybridized carbons (Fsp3) is 0.938. The van der Waals surface area contributed by atoms with Crippen LogP contribution in [0.2, 0.25) is 0 Å². The van der Waals surface area contributed by atoms with E-state index in [9.17, 15) is 43.2 Å². The number of carbonyl (C=O) groups excluding carboxylic acids is 4. The molecule has 5 atom stereocenters. The normalized spacial score (nSPS) is 14.2. The van der Waals surface area contributed by atoms with E-state index in [1.807, 2.05) is 0 Å². The summed E-state index contributed by atoms with van der Waals surface area (Å²) in [4.78, 5) is 72.2. The molecule has 0 aliphatic rings. The first kappa shape index (κ1) is 82.1. The highest BCUT2D eigenvalue weighted by Crippen LogP contribution is 2.45. The first-order chi connectivity index (χ1) is 40.5. The number of esters is 4. The highest BCUT2D eigenvalue weighted by atomic mass is 31.2. The maximum Gasteiger partial charge on any atom is 0.472 e. The molecule has 498 valence electrons. The van der Waals surface area contributed by atoms with Crippen molar-refractivity contribution in [2.24, 2.45) is 5.92 Å². The molecule has 0 aliphatic carbocycles. The summed E-state index contributed by atoms with van der Waals surface area (Å²) in [6.07, 6.45) is 43.1. The maximum absolute atomic E-state index is 13.0. The van der Waals surface area contributed by atoms with Gasteiger partial charge in [-0.15, -0.1) is 0 Å². The second kappa shape index (κ2) is 58.7. The summed E-state index contributed by atoms with van der Waals surface area (Å²) in [5, 5.41) is 10.5. The first-order valence-electron chi connectivity index (χ1n) is 34.1. The summed E-state index contributed by atoms with van der Waals surface area (Å²) >= 11 is 0. The molecular formula is C65H126O17P2. The number of ether oxygens (including phenoxy) is 4. The summed E-state index contributed by atoms with van der Waals surface area (Å²) in [5.41, 5.74) is 0. The van der Waals surface area contributed by atoms with E-state index >= 15 is 0 Å². The van der Waals surface area contributed by atoms with E-state index in [-0.39, 0.29) is 25.7 Å². The molecule has 0 rings (SSSR count). The Kier molecular flexibility index (Phi) is 57.4. The second-order valence-electron chi connectivity index (χ2n) is 24.0. The Morgan fingerprint density at radius 2 is 0.548 bits per heavy atom. The Bertz CT molecular complexity index is 1640. The molecule has 0 fully saturated rings.